The average Bonchev–Trinajstić information content (AvgIpc) is 1.55. The second kappa shape index (κ2) is 17.1. The molecule has 0 spiro atoms. The van der Waals surface area contributed by atoms with Gasteiger partial charge in [0, 0.05) is 41.2 Å². The lowest BCUT2D eigenvalue weighted by molar-refractivity contribution is -0.571. The first-order valence-corrected chi connectivity index (χ1v) is 23.1. The Hall–Kier alpha value is -9.00. The fourth-order valence-corrected chi connectivity index (χ4v) is 9.60. The molecule has 0 aliphatic heterocycles. The van der Waals surface area contributed by atoms with E-state index in [9.17, 15) is 6.85 Å². The van der Waals surface area contributed by atoms with E-state index in [1.54, 1.807) is 82.1 Å². The lowest BCUT2D eigenvalue weighted by atomic mass is 9.78. The Morgan fingerprint density at radius 3 is 1.89 bits per heavy atom. The lowest BCUT2D eigenvalue weighted by Crippen LogP contribution is -2.31. The molecule has 0 aliphatic carbocycles. The van der Waals surface area contributed by atoms with Crippen molar-refractivity contribution >= 4 is 54.6 Å². The summed E-state index contributed by atoms with van der Waals surface area (Å²) in [5.41, 5.74) is 2.29. The minimum Gasteiger partial charge on any atom is -0.458 e. The van der Waals surface area contributed by atoms with Crippen molar-refractivity contribution in [2.24, 2.45) is 5.41 Å². The molecule has 6 heteroatoms. The van der Waals surface area contributed by atoms with Gasteiger partial charge in [-0.05, 0) is 87.6 Å². The standard InChI is InChI=1S/C66H51N5O/c1-44(66(2,3)4)47-37-38-67-63(39-47)71-58-34-16-13-29-55(58)64-61(70-56-32-14-11-27-53(56)54-28-12-15-33-57(54)70)41-50(42-62(64)71)72-49-26-19-25-48(40-49)68-43-69(60-36-18-17-35-59(60)68)65-51(45-21-7-5-8-22-45)30-20-31-52(65)46-23-9-6-10-24-46/h5-42,44H,1-4H3/i5D,6D,7D,8D,9D,10D,11D,12D,14D,15D,21D,22D,23D,24D,27D,28D,32D,33D,44D. The minimum absolute atomic E-state index is 0.0605. The number of benzene rings is 9. The summed E-state index contributed by atoms with van der Waals surface area (Å²) in [6.07, 6.45) is 5.03. The summed E-state index contributed by atoms with van der Waals surface area (Å²) in [5.74, 6) is -0.341. The zero-order valence-electron chi connectivity index (χ0n) is 58.2. The van der Waals surface area contributed by atoms with E-state index < -0.39 is 120 Å². The van der Waals surface area contributed by atoms with E-state index in [0.29, 0.717) is 49.9 Å². The van der Waals surface area contributed by atoms with Crippen molar-refractivity contribution in [3.8, 4) is 56.6 Å². The number of hydrogen-bond donors (Lipinski definition) is 0. The number of aromatic nitrogens is 5. The highest BCUT2D eigenvalue weighted by Crippen LogP contribution is 2.44. The van der Waals surface area contributed by atoms with E-state index in [2.05, 4.69) is 6.33 Å². The van der Waals surface area contributed by atoms with Gasteiger partial charge in [0.1, 0.15) is 17.3 Å². The van der Waals surface area contributed by atoms with E-state index in [0.717, 1.165) is 0 Å². The van der Waals surface area contributed by atoms with Crippen LogP contribution in [-0.4, -0.2) is 18.7 Å². The second-order valence-electron chi connectivity index (χ2n) is 18.3. The number of rotatable bonds is 9. The number of nitrogens with zero attached hydrogens (tertiary/aromatic N) is 5. The molecule has 0 saturated heterocycles. The van der Waals surface area contributed by atoms with Crippen molar-refractivity contribution in [2.45, 2.75) is 33.6 Å². The molecule has 0 N–H and O–H groups in total. The Bertz CT molecular complexity index is 5130. The van der Waals surface area contributed by atoms with Gasteiger partial charge in [-0.25, -0.2) is 4.98 Å². The summed E-state index contributed by atoms with van der Waals surface area (Å²) in [6, 6.07) is 22.6. The maximum atomic E-state index is 9.63. The van der Waals surface area contributed by atoms with Crippen LogP contribution in [0.2, 0.25) is 0 Å². The average molecular weight is 949 g/mol. The Labute approximate surface area is 445 Å². The molecule has 0 bridgehead atoms. The third kappa shape index (κ3) is 7.17. The predicted molar refractivity (Wildman–Crippen MR) is 295 cm³/mol. The normalized spacial score (nSPS) is 16.5. The number of imidazole rings is 1. The van der Waals surface area contributed by atoms with Gasteiger partial charge in [-0.15, -0.1) is 0 Å². The zero-order chi connectivity index (χ0) is 65.1. The number of hydrogen-bond acceptors (Lipinski definition) is 2. The Morgan fingerprint density at radius 2 is 1.19 bits per heavy atom. The SMILES string of the molecule is [2H]c1c([2H])c([2H])c(-c2cccc(-c3c([2H])c([2H])c([2H])c([2H])c3[2H])c2-[n+]2[c-]n(-c3cccc(Oc4cc(-n5c6c([2H])c([2H])c([2H])c([2H])c6c6c([2H])c([2H])c([2H])c([2H])c65)c5c6ccccc6n(-c6cc(C([2H])(C)C(C)(C)C)ccn6)c5c4)c3)c3ccccc32)c([2H])c1[2H]. The molecule has 0 saturated carbocycles. The number of pyridine rings is 1. The van der Waals surface area contributed by atoms with Gasteiger partial charge in [0.05, 0.1) is 74.8 Å². The van der Waals surface area contributed by atoms with Gasteiger partial charge in [0.25, 0.3) is 6.33 Å². The van der Waals surface area contributed by atoms with Crippen molar-refractivity contribution in [1.82, 2.24) is 18.7 Å². The monoisotopic (exact) mass is 949 g/mol. The number of ether oxygens (including phenoxy) is 1. The highest BCUT2D eigenvalue weighted by atomic mass is 16.5. The molecule has 0 aliphatic rings. The van der Waals surface area contributed by atoms with Crippen molar-refractivity contribution in [2.75, 3.05) is 0 Å². The fourth-order valence-electron chi connectivity index (χ4n) is 9.60. The lowest BCUT2D eigenvalue weighted by Gasteiger charge is -2.27. The van der Waals surface area contributed by atoms with Crippen LogP contribution in [0.3, 0.4) is 0 Å². The van der Waals surface area contributed by atoms with Crippen LogP contribution in [0.25, 0.3) is 99.8 Å². The van der Waals surface area contributed by atoms with Gasteiger partial charge in [-0.2, -0.15) is 0 Å². The summed E-state index contributed by atoms with van der Waals surface area (Å²) in [6.45, 7) is 7.77. The number of para-hydroxylation sites is 6. The third-order valence-corrected chi connectivity index (χ3v) is 13.2. The smallest absolute Gasteiger partial charge is 0.269 e. The van der Waals surface area contributed by atoms with Gasteiger partial charge in [0.15, 0.2) is 0 Å². The molecule has 13 rings (SSSR count). The van der Waals surface area contributed by atoms with Crippen LogP contribution in [0.15, 0.2) is 230 Å². The van der Waals surface area contributed by atoms with Crippen molar-refractivity contribution in [1.29, 1.82) is 0 Å². The molecule has 72 heavy (non-hydrogen) atoms. The molecule has 346 valence electrons. The van der Waals surface area contributed by atoms with Crippen LogP contribution >= 0.6 is 0 Å². The minimum atomic E-state index is -1.12. The first kappa shape index (κ1) is 27.4. The highest BCUT2D eigenvalue weighted by molar-refractivity contribution is 6.16. The predicted octanol–water partition coefficient (Wildman–Crippen LogP) is 16.6. The van der Waals surface area contributed by atoms with Crippen LogP contribution in [0, 0.1) is 11.7 Å². The topological polar surface area (TPSA) is 40.8 Å². The van der Waals surface area contributed by atoms with E-state index in [1.165, 1.54) is 22.8 Å². The zero-order valence-corrected chi connectivity index (χ0v) is 39.2. The van der Waals surface area contributed by atoms with E-state index >= 15 is 0 Å². The first-order valence-electron chi connectivity index (χ1n) is 32.6. The van der Waals surface area contributed by atoms with Crippen LogP contribution in [-0.2, 0) is 0 Å². The Balaban J connectivity index is 1.08. The maximum absolute atomic E-state index is 9.63. The van der Waals surface area contributed by atoms with Crippen LogP contribution in [0.1, 0.15) is 65.2 Å². The van der Waals surface area contributed by atoms with Gasteiger partial charge < -0.3 is 9.30 Å². The molecule has 1 unspecified atom stereocenters. The molecule has 0 radical (unpaired) electrons. The van der Waals surface area contributed by atoms with Gasteiger partial charge in [-0.1, -0.05) is 191 Å². The van der Waals surface area contributed by atoms with Crippen molar-refractivity contribution in [3.05, 3.63) is 242 Å². The molecule has 9 aromatic carbocycles. The first-order chi connectivity index (χ1) is 43.1. The summed E-state index contributed by atoms with van der Waals surface area (Å²) in [4.78, 5) is 4.89. The molecule has 1 atom stereocenters. The molecule has 4 heterocycles. The Kier molecular flexibility index (Phi) is 6.53. The fraction of sp³-hybridized carbons (Fsp3) is 0.0909. The molecule has 6 nitrogen and oxygen atoms in total. The summed E-state index contributed by atoms with van der Waals surface area (Å²) >= 11 is 0. The molecule has 4 aromatic heterocycles. The summed E-state index contributed by atoms with van der Waals surface area (Å²) in [5, 5.41) is 0.857. The summed E-state index contributed by atoms with van der Waals surface area (Å²) in [7, 11) is 0. The Morgan fingerprint density at radius 1 is 0.569 bits per heavy atom. The molecular formula is C66H51N5O. The molecular weight excluding hydrogens is 879 g/mol. The van der Waals surface area contributed by atoms with Gasteiger partial charge >= 0.3 is 0 Å². The van der Waals surface area contributed by atoms with Crippen molar-refractivity contribution < 1.29 is 35.3 Å². The van der Waals surface area contributed by atoms with Crippen molar-refractivity contribution in [3.63, 3.8) is 0 Å². The van der Waals surface area contributed by atoms with E-state index in [4.69, 9.17) is 28.9 Å². The second-order valence-corrected chi connectivity index (χ2v) is 18.3. The van der Waals surface area contributed by atoms with Crippen LogP contribution in [0.4, 0.5) is 0 Å². The molecule has 0 fully saturated rings. The van der Waals surface area contributed by atoms with E-state index in [1.807, 2.05) is 62.6 Å². The largest absolute Gasteiger partial charge is 0.458 e. The quantitative estimate of drug-likeness (QED) is 0.107. The van der Waals surface area contributed by atoms with E-state index in [-0.39, 0.29) is 66.9 Å². The van der Waals surface area contributed by atoms with Gasteiger partial charge in [-0.3, -0.25) is 13.7 Å². The highest BCUT2D eigenvalue weighted by Gasteiger charge is 2.26. The molecule has 0 amide bonds. The summed E-state index contributed by atoms with van der Waals surface area (Å²) < 4.78 is 184. The number of fused-ring (bicyclic) bond motifs is 7. The third-order valence-electron chi connectivity index (χ3n) is 13.2. The van der Waals surface area contributed by atoms with Gasteiger partial charge in [0.2, 0.25) is 0 Å². The maximum Gasteiger partial charge on any atom is 0.269 e. The molecule has 13 aromatic rings. The van der Waals surface area contributed by atoms with Crippen LogP contribution in [0.5, 0.6) is 11.5 Å². The van der Waals surface area contributed by atoms with Crippen LogP contribution < -0.4 is 9.30 Å².